The molecule has 0 aliphatic heterocycles. The fourth-order valence-electron chi connectivity index (χ4n) is 2.01. The van der Waals surface area contributed by atoms with Crippen LogP contribution in [0.4, 0.5) is 0 Å². The normalized spacial score (nSPS) is 22.1. The summed E-state index contributed by atoms with van der Waals surface area (Å²) in [4.78, 5) is 16.3. The third kappa shape index (κ3) is 0.861. The van der Waals surface area contributed by atoms with Gasteiger partial charge in [0.05, 0.1) is 0 Å². The van der Waals surface area contributed by atoms with Crippen molar-refractivity contribution in [2.24, 2.45) is 5.41 Å². The summed E-state index contributed by atoms with van der Waals surface area (Å²) >= 11 is 0. The van der Waals surface area contributed by atoms with Crippen LogP contribution in [0.1, 0.15) is 43.7 Å². The van der Waals surface area contributed by atoms with Crippen molar-refractivity contribution >= 4 is 5.78 Å². The summed E-state index contributed by atoms with van der Waals surface area (Å²) < 4.78 is 0. The molecule has 0 aromatic carbocycles. The molecule has 2 rings (SSSR count). The molecule has 0 spiro atoms. The van der Waals surface area contributed by atoms with Crippen LogP contribution in [0.25, 0.3) is 0 Å². The lowest BCUT2D eigenvalue weighted by Crippen LogP contribution is -2.35. The van der Waals surface area contributed by atoms with Gasteiger partial charge in [-0.3, -0.25) is 9.78 Å². The van der Waals surface area contributed by atoms with Gasteiger partial charge in [-0.2, -0.15) is 0 Å². The maximum atomic E-state index is 12.1. The molecule has 1 heterocycles. The highest BCUT2D eigenvalue weighted by atomic mass is 16.1. The molecule has 0 N–H and O–H groups in total. The van der Waals surface area contributed by atoms with Gasteiger partial charge in [-0.15, -0.1) is 0 Å². The van der Waals surface area contributed by atoms with E-state index in [1.165, 1.54) is 0 Å². The van der Waals surface area contributed by atoms with Gasteiger partial charge in [0.25, 0.3) is 0 Å². The van der Waals surface area contributed by atoms with Crippen LogP contribution >= 0.6 is 0 Å². The summed E-state index contributed by atoms with van der Waals surface area (Å²) in [5, 5.41) is 0. The highest BCUT2D eigenvalue weighted by Gasteiger charge is 2.52. The second kappa shape index (κ2) is 2.44. The number of pyridine rings is 1. The summed E-state index contributed by atoms with van der Waals surface area (Å²) in [5.41, 5.74) is 1.27. The van der Waals surface area contributed by atoms with Gasteiger partial charge in [0, 0.05) is 17.0 Å². The van der Waals surface area contributed by atoms with Crippen molar-refractivity contribution < 1.29 is 4.79 Å². The van der Waals surface area contributed by atoms with Gasteiger partial charge in [0.2, 0.25) is 0 Å². The van der Waals surface area contributed by atoms with Gasteiger partial charge in [-0.1, -0.05) is 33.8 Å². The number of ketones is 1. The van der Waals surface area contributed by atoms with Crippen LogP contribution < -0.4 is 0 Å². The SMILES string of the molecule is CC1(C)C(=O)c2ncccc2C1(C)C. The summed E-state index contributed by atoms with van der Waals surface area (Å²) in [6.07, 6.45) is 1.69. The van der Waals surface area contributed by atoms with E-state index in [2.05, 4.69) is 18.8 Å². The van der Waals surface area contributed by atoms with Crippen molar-refractivity contribution in [1.29, 1.82) is 0 Å². The van der Waals surface area contributed by atoms with Gasteiger partial charge in [0.1, 0.15) is 5.69 Å². The molecule has 0 amide bonds. The quantitative estimate of drug-likeness (QED) is 0.628. The Labute approximate surface area is 84.4 Å². The lowest BCUT2D eigenvalue weighted by atomic mass is 9.68. The number of carbonyl (C=O) groups excluding carboxylic acids is 1. The Morgan fingerprint density at radius 1 is 1.14 bits per heavy atom. The number of aromatic nitrogens is 1. The van der Waals surface area contributed by atoms with Crippen LogP contribution in [0.2, 0.25) is 0 Å². The van der Waals surface area contributed by atoms with Crippen molar-refractivity contribution in [2.45, 2.75) is 33.1 Å². The fraction of sp³-hybridized carbons (Fsp3) is 0.500. The number of Topliss-reactive ketones (excluding diaryl/α,β-unsaturated/α-hetero) is 1. The molecule has 0 bridgehead atoms. The molecule has 0 radical (unpaired) electrons. The second-order valence-electron chi connectivity index (χ2n) is 4.98. The first-order valence-electron chi connectivity index (χ1n) is 4.89. The Hall–Kier alpha value is -1.18. The fourth-order valence-corrected chi connectivity index (χ4v) is 2.01. The molecule has 1 aromatic heterocycles. The molecule has 2 nitrogen and oxygen atoms in total. The lowest BCUT2D eigenvalue weighted by molar-refractivity contribution is 0.0775. The summed E-state index contributed by atoms with van der Waals surface area (Å²) in [7, 11) is 0. The van der Waals surface area contributed by atoms with Crippen molar-refractivity contribution in [1.82, 2.24) is 4.98 Å². The molecule has 0 saturated carbocycles. The number of rotatable bonds is 0. The predicted octanol–water partition coefficient (Wildman–Crippen LogP) is 2.58. The number of nitrogens with zero attached hydrogens (tertiary/aromatic N) is 1. The minimum absolute atomic E-state index is 0.117. The van der Waals surface area contributed by atoms with Gasteiger partial charge in [-0.05, 0) is 11.6 Å². The molecule has 0 saturated heterocycles. The van der Waals surface area contributed by atoms with E-state index in [1.54, 1.807) is 6.20 Å². The Morgan fingerprint density at radius 2 is 1.79 bits per heavy atom. The average Bonchev–Trinajstić information content (AvgIpc) is 2.27. The van der Waals surface area contributed by atoms with Crippen LogP contribution in [-0.4, -0.2) is 10.8 Å². The first kappa shape index (κ1) is 9.38. The van der Waals surface area contributed by atoms with E-state index in [0.29, 0.717) is 5.69 Å². The van der Waals surface area contributed by atoms with E-state index in [-0.39, 0.29) is 16.6 Å². The van der Waals surface area contributed by atoms with Gasteiger partial charge < -0.3 is 0 Å². The Balaban J connectivity index is 2.74. The largest absolute Gasteiger partial charge is 0.292 e. The zero-order valence-corrected chi connectivity index (χ0v) is 9.09. The number of fused-ring (bicyclic) bond motifs is 1. The zero-order valence-electron chi connectivity index (χ0n) is 9.09. The van der Waals surface area contributed by atoms with Crippen LogP contribution in [0, 0.1) is 5.41 Å². The van der Waals surface area contributed by atoms with Gasteiger partial charge >= 0.3 is 0 Å². The van der Waals surface area contributed by atoms with E-state index in [9.17, 15) is 4.79 Å². The molecule has 2 heteroatoms. The minimum Gasteiger partial charge on any atom is -0.292 e. The molecular weight excluding hydrogens is 174 g/mol. The maximum Gasteiger partial charge on any atom is 0.187 e. The smallest absolute Gasteiger partial charge is 0.187 e. The molecule has 0 atom stereocenters. The third-order valence-electron chi connectivity index (χ3n) is 3.83. The summed E-state index contributed by atoms with van der Waals surface area (Å²) in [6, 6.07) is 3.91. The van der Waals surface area contributed by atoms with Gasteiger partial charge in [-0.25, -0.2) is 0 Å². The molecule has 14 heavy (non-hydrogen) atoms. The third-order valence-corrected chi connectivity index (χ3v) is 3.83. The number of hydrogen-bond acceptors (Lipinski definition) is 2. The Morgan fingerprint density at radius 3 is 2.36 bits per heavy atom. The Kier molecular flexibility index (Phi) is 1.63. The van der Waals surface area contributed by atoms with Gasteiger partial charge in [0.15, 0.2) is 5.78 Å². The van der Waals surface area contributed by atoms with Crippen LogP contribution in [0.5, 0.6) is 0 Å². The highest BCUT2D eigenvalue weighted by Crippen LogP contribution is 2.49. The van der Waals surface area contributed by atoms with Crippen LogP contribution in [0.15, 0.2) is 18.3 Å². The number of hydrogen-bond donors (Lipinski definition) is 0. The van der Waals surface area contributed by atoms with E-state index in [1.807, 2.05) is 26.0 Å². The van der Waals surface area contributed by atoms with Crippen LogP contribution in [-0.2, 0) is 5.41 Å². The molecular formula is C12H15NO. The topological polar surface area (TPSA) is 30.0 Å². The summed E-state index contributed by atoms with van der Waals surface area (Å²) in [5.74, 6) is 0.165. The van der Waals surface area contributed by atoms with E-state index < -0.39 is 0 Å². The molecule has 0 unspecified atom stereocenters. The molecule has 1 aliphatic rings. The number of carbonyl (C=O) groups is 1. The molecule has 1 aromatic rings. The molecule has 0 fully saturated rings. The van der Waals surface area contributed by atoms with Crippen LogP contribution in [0.3, 0.4) is 0 Å². The van der Waals surface area contributed by atoms with Crippen molar-refractivity contribution in [2.75, 3.05) is 0 Å². The standard InChI is InChI=1S/C12H15NO/c1-11(2)8-6-5-7-13-9(8)10(14)12(11,3)4/h5-7H,1-4H3. The average molecular weight is 189 g/mol. The van der Waals surface area contributed by atoms with E-state index in [0.717, 1.165) is 5.56 Å². The lowest BCUT2D eigenvalue weighted by Gasteiger charge is -2.33. The van der Waals surface area contributed by atoms with E-state index >= 15 is 0 Å². The predicted molar refractivity (Wildman–Crippen MR) is 55.4 cm³/mol. The second-order valence-corrected chi connectivity index (χ2v) is 4.98. The van der Waals surface area contributed by atoms with Crippen molar-refractivity contribution in [3.05, 3.63) is 29.6 Å². The first-order valence-corrected chi connectivity index (χ1v) is 4.89. The zero-order chi connectivity index (χ0) is 10.6. The molecule has 1 aliphatic carbocycles. The monoisotopic (exact) mass is 189 g/mol. The first-order chi connectivity index (χ1) is 6.39. The van der Waals surface area contributed by atoms with E-state index in [4.69, 9.17) is 0 Å². The maximum absolute atomic E-state index is 12.1. The summed E-state index contributed by atoms with van der Waals surface area (Å²) in [6.45, 7) is 8.21. The highest BCUT2D eigenvalue weighted by molar-refractivity contribution is 6.04. The minimum atomic E-state index is -0.344. The van der Waals surface area contributed by atoms with Crippen molar-refractivity contribution in [3.8, 4) is 0 Å². The van der Waals surface area contributed by atoms with Crippen molar-refractivity contribution in [3.63, 3.8) is 0 Å². The molecule has 74 valence electrons. The Bertz CT molecular complexity index is 405.